The van der Waals surface area contributed by atoms with Crippen molar-refractivity contribution in [1.29, 1.82) is 0 Å². The lowest BCUT2D eigenvalue weighted by atomic mass is 9.55. The second-order valence-corrected chi connectivity index (χ2v) is 12.6. The van der Waals surface area contributed by atoms with E-state index in [0.717, 1.165) is 19.3 Å². The van der Waals surface area contributed by atoms with Gasteiger partial charge in [0.15, 0.2) is 0 Å². The number of rotatable bonds is 5. The Morgan fingerprint density at radius 2 is 1.83 bits per heavy atom. The molecule has 1 unspecified atom stereocenters. The van der Waals surface area contributed by atoms with E-state index in [2.05, 4.69) is 16.0 Å². The second-order valence-electron chi connectivity index (χ2n) is 11.8. The van der Waals surface area contributed by atoms with Gasteiger partial charge in [-0.2, -0.15) is 0 Å². The summed E-state index contributed by atoms with van der Waals surface area (Å²) >= 11 is 12.6. The predicted molar refractivity (Wildman–Crippen MR) is 154 cm³/mol. The van der Waals surface area contributed by atoms with Crippen molar-refractivity contribution in [2.75, 3.05) is 25.0 Å². The topological polar surface area (TPSA) is 111 Å². The van der Waals surface area contributed by atoms with E-state index in [1.807, 2.05) is 11.0 Å². The first-order valence-corrected chi connectivity index (χ1v) is 15.0. The number of benzene rings is 2. The highest BCUT2D eigenvalue weighted by Crippen LogP contribution is 2.62. The molecule has 6 rings (SSSR count). The number of carboxylic acid groups (broad SMARTS) is 1. The zero-order valence-electron chi connectivity index (χ0n) is 22.5. The molecule has 41 heavy (non-hydrogen) atoms. The minimum absolute atomic E-state index is 0.0372. The van der Waals surface area contributed by atoms with Gasteiger partial charge < -0.3 is 15.7 Å². The summed E-state index contributed by atoms with van der Waals surface area (Å²) in [6, 6.07) is 8.96. The molecule has 2 aromatic rings. The number of likely N-dealkylation sites (tertiary alicyclic amines) is 1. The third-order valence-corrected chi connectivity index (χ3v) is 10.1. The first-order valence-electron chi connectivity index (χ1n) is 14.2. The van der Waals surface area contributed by atoms with Crippen LogP contribution in [-0.4, -0.2) is 65.0 Å². The maximum absolute atomic E-state index is 16.0. The molecule has 2 saturated heterocycles. The molecule has 0 bridgehead atoms. The van der Waals surface area contributed by atoms with Crippen LogP contribution in [0.3, 0.4) is 0 Å². The van der Waals surface area contributed by atoms with Gasteiger partial charge in [-0.25, -0.2) is 4.39 Å². The lowest BCUT2D eigenvalue weighted by Crippen LogP contribution is -2.60. The monoisotopic (exact) mass is 602 g/mol. The largest absolute Gasteiger partial charge is 0.480 e. The number of nitrogens with one attached hydrogen (secondary N) is 3. The van der Waals surface area contributed by atoms with Crippen LogP contribution in [0.5, 0.6) is 0 Å². The van der Waals surface area contributed by atoms with E-state index in [0.29, 0.717) is 55.0 Å². The maximum atomic E-state index is 16.0. The van der Waals surface area contributed by atoms with Gasteiger partial charge in [-0.3, -0.25) is 24.6 Å². The predicted octanol–water partition coefficient (Wildman–Crippen LogP) is 4.45. The standard InChI is InChI=1S/C30H33Cl2FN4O4/c31-17-7-8-20-22(15-17)35-28(41)30(20)24(19-5-4-6-21(32)25(19)33)26(36-29(30)11-2-1-3-12-29)27(40)34-18-9-13-37(14-10-18)16-23(38)39/h4-8,15,18,24,26,36H,1-3,9-14,16H2,(H,34,40)(H,35,41)(H,38,39)/t24-,26+,30?/m0/s1. The van der Waals surface area contributed by atoms with Crippen molar-refractivity contribution in [2.24, 2.45) is 0 Å². The van der Waals surface area contributed by atoms with Gasteiger partial charge >= 0.3 is 5.97 Å². The summed E-state index contributed by atoms with van der Waals surface area (Å²) < 4.78 is 16.0. The Labute approximate surface area is 247 Å². The first-order chi connectivity index (χ1) is 19.7. The number of hydrogen-bond donors (Lipinski definition) is 4. The molecule has 1 saturated carbocycles. The molecule has 0 radical (unpaired) electrons. The molecular weight excluding hydrogens is 570 g/mol. The smallest absolute Gasteiger partial charge is 0.317 e. The van der Waals surface area contributed by atoms with E-state index in [-0.39, 0.29) is 35.0 Å². The van der Waals surface area contributed by atoms with Crippen LogP contribution in [0.2, 0.25) is 10.0 Å². The lowest BCUT2D eigenvalue weighted by Gasteiger charge is -2.47. The fourth-order valence-electron chi connectivity index (χ4n) is 7.94. The SMILES string of the molecule is O=C(O)CN1CCC(NC(=O)[C@@H]2NC3(CCCCC3)C3(C(=O)Nc4cc(Cl)ccc43)[C@H]2c2cccc(Cl)c2F)CC1. The molecule has 8 nitrogen and oxygen atoms in total. The Morgan fingerprint density at radius 1 is 1.10 bits per heavy atom. The van der Waals surface area contributed by atoms with Gasteiger partial charge in [0.1, 0.15) is 11.2 Å². The molecule has 2 spiro atoms. The minimum Gasteiger partial charge on any atom is -0.480 e. The van der Waals surface area contributed by atoms with Crippen LogP contribution in [0.15, 0.2) is 36.4 Å². The highest BCUT2D eigenvalue weighted by Gasteiger charge is 2.72. The quantitative estimate of drug-likeness (QED) is 0.402. The number of aliphatic carboxylic acids is 1. The molecule has 3 fully saturated rings. The molecule has 4 aliphatic rings. The maximum Gasteiger partial charge on any atom is 0.317 e. The van der Waals surface area contributed by atoms with E-state index in [4.69, 9.17) is 28.3 Å². The van der Waals surface area contributed by atoms with Crippen LogP contribution in [-0.2, 0) is 19.8 Å². The second kappa shape index (κ2) is 10.8. The lowest BCUT2D eigenvalue weighted by molar-refractivity contribution is -0.138. The number of fused-ring (bicyclic) bond motifs is 3. The van der Waals surface area contributed by atoms with Crippen LogP contribution in [0.1, 0.15) is 62.0 Å². The molecule has 11 heteroatoms. The summed E-state index contributed by atoms with van der Waals surface area (Å²) in [6.07, 6.45) is 5.24. The van der Waals surface area contributed by atoms with Gasteiger partial charge in [0.2, 0.25) is 11.8 Å². The van der Waals surface area contributed by atoms with Crippen LogP contribution >= 0.6 is 23.2 Å². The van der Waals surface area contributed by atoms with Crippen LogP contribution in [0.25, 0.3) is 0 Å². The summed E-state index contributed by atoms with van der Waals surface area (Å²) in [5.74, 6) is -2.97. The molecule has 0 aromatic heterocycles. The molecule has 1 aliphatic carbocycles. The first kappa shape index (κ1) is 28.4. The molecule has 218 valence electrons. The van der Waals surface area contributed by atoms with Crippen molar-refractivity contribution < 1.29 is 23.9 Å². The molecule has 2 amide bonds. The molecule has 2 aromatic carbocycles. The average Bonchev–Trinajstić information content (AvgIpc) is 3.39. The fraction of sp³-hybridized carbons (Fsp3) is 0.500. The Bertz CT molecular complexity index is 1390. The summed E-state index contributed by atoms with van der Waals surface area (Å²) in [5, 5.41) is 19.4. The fourth-order valence-corrected chi connectivity index (χ4v) is 8.29. The Kier molecular flexibility index (Phi) is 7.51. The highest BCUT2D eigenvalue weighted by atomic mass is 35.5. The number of carbonyl (C=O) groups excluding carboxylic acids is 2. The minimum atomic E-state index is -1.27. The van der Waals surface area contributed by atoms with Crippen molar-refractivity contribution in [3.63, 3.8) is 0 Å². The van der Waals surface area contributed by atoms with Crippen LogP contribution in [0, 0.1) is 5.82 Å². The summed E-state index contributed by atoms with van der Waals surface area (Å²) in [7, 11) is 0. The van der Waals surface area contributed by atoms with E-state index < -0.39 is 34.7 Å². The summed E-state index contributed by atoms with van der Waals surface area (Å²) in [4.78, 5) is 41.5. The van der Waals surface area contributed by atoms with Gasteiger partial charge in [0, 0.05) is 41.3 Å². The zero-order valence-corrected chi connectivity index (χ0v) is 24.0. The number of halogens is 3. The van der Waals surface area contributed by atoms with Gasteiger partial charge in [0.05, 0.1) is 17.6 Å². The zero-order chi connectivity index (χ0) is 28.9. The molecule has 3 atom stereocenters. The van der Waals surface area contributed by atoms with Crippen molar-refractivity contribution in [2.45, 2.75) is 73.9 Å². The average molecular weight is 604 g/mol. The van der Waals surface area contributed by atoms with Gasteiger partial charge in [-0.1, -0.05) is 60.7 Å². The van der Waals surface area contributed by atoms with Gasteiger partial charge in [-0.05, 0) is 55.0 Å². The number of hydrogen-bond acceptors (Lipinski definition) is 5. The summed E-state index contributed by atoms with van der Waals surface area (Å²) in [6.45, 7) is 1.06. The Balaban J connectivity index is 1.44. The van der Waals surface area contributed by atoms with Crippen molar-refractivity contribution in [3.8, 4) is 0 Å². The molecule has 3 aliphatic heterocycles. The van der Waals surface area contributed by atoms with E-state index >= 15 is 4.39 Å². The Morgan fingerprint density at radius 3 is 2.54 bits per heavy atom. The molecule has 4 N–H and O–H groups in total. The normalized spacial score (nSPS) is 27.6. The highest BCUT2D eigenvalue weighted by molar-refractivity contribution is 6.31. The van der Waals surface area contributed by atoms with Crippen LogP contribution in [0.4, 0.5) is 10.1 Å². The number of amides is 2. The van der Waals surface area contributed by atoms with Gasteiger partial charge in [0.25, 0.3) is 0 Å². The van der Waals surface area contributed by atoms with Crippen molar-refractivity contribution >= 4 is 46.7 Å². The number of carbonyl (C=O) groups is 3. The van der Waals surface area contributed by atoms with E-state index in [9.17, 15) is 14.4 Å². The van der Waals surface area contributed by atoms with E-state index in [1.54, 1.807) is 24.3 Å². The van der Waals surface area contributed by atoms with Crippen molar-refractivity contribution in [3.05, 3.63) is 63.4 Å². The van der Waals surface area contributed by atoms with Crippen molar-refractivity contribution in [1.82, 2.24) is 15.5 Å². The summed E-state index contributed by atoms with van der Waals surface area (Å²) in [5.41, 5.74) is -0.551. The van der Waals surface area contributed by atoms with Gasteiger partial charge in [-0.15, -0.1) is 0 Å². The van der Waals surface area contributed by atoms with E-state index in [1.165, 1.54) is 6.07 Å². The molecular formula is C30H33Cl2FN4O4. The molecule has 3 heterocycles. The Hall–Kier alpha value is -2.72. The van der Waals surface area contributed by atoms with Crippen LogP contribution < -0.4 is 16.0 Å². The number of anilines is 1. The number of nitrogens with zero attached hydrogens (tertiary/aromatic N) is 1. The number of carboxylic acids is 1. The third kappa shape index (κ3) is 4.61. The third-order valence-electron chi connectivity index (χ3n) is 9.60. The number of piperidine rings is 1.